The van der Waals surface area contributed by atoms with E-state index < -0.39 is 30.2 Å². The highest BCUT2D eigenvalue weighted by Gasteiger charge is 2.41. The van der Waals surface area contributed by atoms with Gasteiger partial charge in [-0.15, -0.1) is 0 Å². The lowest BCUT2D eigenvalue weighted by Crippen LogP contribution is -2.20. The van der Waals surface area contributed by atoms with Gasteiger partial charge in [0, 0.05) is 6.42 Å². The third-order valence-electron chi connectivity index (χ3n) is 2.46. The van der Waals surface area contributed by atoms with E-state index in [2.05, 4.69) is 4.74 Å². The molecule has 0 N–H and O–H groups in total. The number of carbonyl (C=O) groups excluding carboxylic acids is 1. The quantitative estimate of drug-likeness (QED) is 0.443. The molecule has 0 aliphatic rings. The molecule has 0 radical (unpaired) electrons. The van der Waals surface area contributed by atoms with Gasteiger partial charge in [0.15, 0.2) is 0 Å². The highest BCUT2D eigenvalue weighted by Crippen LogP contribution is 2.32. The van der Waals surface area contributed by atoms with Crippen molar-refractivity contribution in [2.75, 3.05) is 0 Å². The van der Waals surface area contributed by atoms with E-state index in [-0.39, 0.29) is 12.0 Å². The van der Waals surface area contributed by atoms with Crippen molar-refractivity contribution in [1.29, 1.82) is 0 Å². The molecule has 20 heavy (non-hydrogen) atoms. The molecule has 0 saturated heterocycles. The van der Waals surface area contributed by atoms with Gasteiger partial charge in [0.1, 0.15) is 5.83 Å². The summed E-state index contributed by atoms with van der Waals surface area (Å²) in [7, 11) is 0. The highest BCUT2D eigenvalue weighted by molar-refractivity contribution is 5.90. The second-order valence-electron chi connectivity index (χ2n) is 4.09. The van der Waals surface area contributed by atoms with Crippen molar-refractivity contribution in [3.63, 3.8) is 0 Å². The first kappa shape index (κ1) is 16.2. The van der Waals surface area contributed by atoms with E-state index in [4.69, 9.17) is 0 Å². The summed E-state index contributed by atoms with van der Waals surface area (Å²) in [6, 6.07) is 7.13. The van der Waals surface area contributed by atoms with Crippen molar-refractivity contribution in [2.45, 2.75) is 32.4 Å². The second kappa shape index (κ2) is 7.07. The third-order valence-corrected chi connectivity index (χ3v) is 2.46. The van der Waals surface area contributed by atoms with Crippen molar-refractivity contribution in [3.05, 3.63) is 47.5 Å². The third kappa shape index (κ3) is 4.68. The molecule has 0 amide bonds. The first-order chi connectivity index (χ1) is 9.36. The Morgan fingerprint density at radius 1 is 1.20 bits per heavy atom. The number of benzene rings is 1. The molecule has 0 saturated carbocycles. The minimum atomic E-state index is -5.04. The Hall–Kier alpha value is -1.85. The van der Waals surface area contributed by atoms with E-state index in [1.165, 1.54) is 24.3 Å². The Morgan fingerprint density at radius 3 is 2.30 bits per heavy atom. The molecule has 0 unspecified atom stereocenters. The molecule has 0 heterocycles. The van der Waals surface area contributed by atoms with E-state index in [0.29, 0.717) is 6.42 Å². The smallest absolute Gasteiger partial charge is 0.415 e. The number of allylic oxidation sites excluding steroid dienone is 2. The van der Waals surface area contributed by atoms with Gasteiger partial charge < -0.3 is 4.74 Å². The number of unbranched alkanes of at least 4 members (excludes halogenated alkanes) is 1. The van der Waals surface area contributed by atoms with Crippen molar-refractivity contribution < 1.29 is 27.1 Å². The number of rotatable bonds is 5. The first-order valence-electron chi connectivity index (χ1n) is 6.09. The maximum Gasteiger partial charge on any atom is 0.452 e. The second-order valence-corrected chi connectivity index (χ2v) is 4.09. The van der Waals surface area contributed by atoms with Crippen LogP contribution in [0.1, 0.15) is 36.5 Å². The summed E-state index contributed by atoms with van der Waals surface area (Å²) < 4.78 is 55.8. The molecule has 1 aromatic rings. The first-order valence-corrected chi connectivity index (χ1v) is 6.09. The summed E-state index contributed by atoms with van der Waals surface area (Å²) >= 11 is 0. The van der Waals surface area contributed by atoms with Crippen LogP contribution in [0.3, 0.4) is 0 Å². The molecule has 1 aromatic carbocycles. The van der Waals surface area contributed by atoms with Crippen LogP contribution < -0.4 is 0 Å². The van der Waals surface area contributed by atoms with Gasteiger partial charge in [0.2, 0.25) is 5.76 Å². The van der Waals surface area contributed by atoms with Gasteiger partial charge in [-0.2, -0.15) is 13.2 Å². The molecule has 0 aliphatic carbocycles. The molecule has 1 rings (SSSR count). The number of hydrogen-bond acceptors (Lipinski definition) is 2. The van der Waals surface area contributed by atoms with Crippen LogP contribution in [0.25, 0.3) is 0 Å². The fraction of sp³-hybridized carbons (Fsp3) is 0.357. The molecule has 0 spiro atoms. The van der Waals surface area contributed by atoms with Crippen LogP contribution in [-0.4, -0.2) is 12.1 Å². The number of alkyl halides is 3. The van der Waals surface area contributed by atoms with E-state index in [9.17, 15) is 22.4 Å². The van der Waals surface area contributed by atoms with Gasteiger partial charge in [-0.1, -0.05) is 31.5 Å². The van der Waals surface area contributed by atoms with E-state index >= 15 is 0 Å². The van der Waals surface area contributed by atoms with E-state index in [1.807, 2.05) is 0 Å². The molecule has 110 valence electrons. The largest absolute Gasteiger partial charge is 0.452 e. The normalized spacial score (nSPS) is 12.8. The van der Waals surface area contributed by atoms with Gasteiger partial charge in [0.25, 0.3) is 0 Å². The fourth-order valence-corrected chi connectivity index (χ4v) is 1.44. The van der Waals surface area contributed by atoms with Crippen LogP contribution in [0.15, 0.2) is 41.9 Å². The zero-order chi connectivity index (χ0) is 15.2. The number of esters is 1. The van der Waals surface area contributed by atoms with Gasteiger partial charge >= 0.3 is 12.1 Å². The summed E-state index contributed by atoms with van der Waals surface area (Å²) in [5.74, 6) is -4.55. The standard InChI is InChI=1S/C14H14F4O2/c1-2-3-9-11(15)12(14(16,17)18)20-13(19)10-7-5-4-6-8-10/h4-8H,2-3,9H2,1H3. The molecule has 0 aliphatic heterocycles. The topological polar surface area (TPSA) is 26.3 Å². The van der Waals surface area contributed by atoms with Gasteiger partial charge in [0.05, 0.1) is 5.56 Å². The zero-order valence-corrected chi connectivity index (χ0v) is 10.8. The van der Waals surface area contributed by atoms with Crippen LogP contribution in [0, 0.1) is 0 Å². The molecule has 0 atom stereocenters. The summed E-state index contributed by atoms with van der Waals surface area (Å²) in [6.45, 7) is 1.72. The minimum absolute atomic E-state index is 0.0717. The molecule has 2 nitrogen and oxygen atoms in total. The maximum atomic E-state index is 13.5. The minimum Gasteiger partial charge on any atom is -0.415 e. The summed E-state index contributed by atoms with van der Waals surface area (Å²) in [5.41, 5.74) is -0.0717. The van der Waals surface area contributed by atoms with Crippen molar-refractivity contribution in [1.82, 2.24) is 0 Å². The Balaban J connectivity index is 2.94. The average Bonchev–Trinajstić information content (AvgIpc) is 2.41. The zero-order valence-electron chi connectivity index (χ0n) is 10.8. The fourth-order valence-electron chi connectivity index (χ4n) is 1.44. The molecule has 0 bridgehead atoms. The van der Waals surface area contributed by atoms with Crippen molar-refractivity contribution >= 4 is 5.97 Å². The van der Waals surface area contributed by atoms with Crippen LogP contribution in [0.4, 0.5) is 17.6 Å². The van der Waals surface area contributed by atoms with E-state index in [0.717, 1.165) is 0 Å². The molecule has 0 fully saturated rings. The van der Waals surface area contributed by atoms with Gasteiger partial charge in [-0.25, -0.2) is 9.18 Å². The monoisotopic (exact) mass is 290 g/mol. The Morgan fingerprint density at radius 2 is 1.80 bits per heavy atom. The molecule has 0 aromatic heterocycles. The molecular weight excluding hydrogens is 276 g/mol. The van der Waals surface area contributed by atoms with Crippen molar-refractivity contribution in [2.24, 2.45) is 0 Å². The Labute approximate surface area is 114 Å². The van der Waals surface area contributed by atoms with Crippen LogP contribution in [0.5, 0.6) is 0 Å². The number of carbonyl (C=O) groups is 1. The highest BCUT2D eigenvalue weighted by atomic mass is 19.4. The Kier molecular flexibility index (Phi) is 5.73. The summed E-state index contributed by atoms with van der Waals surface area (Å²) in [5, 5.41) is 0. The summed E-state index contributed by atoms with van der Waals surface area (Å²) in [6.07, 6.45) is -4.67. The summed E-state index contributed by atoms with van der Waals surface area (Å²) in [4.78, 5) is 11.6. The number of halogens is 4. The lowest BCUT2D eigenvalue weighted by molar-refractivity contribution is -0.125. The predicted molar refractivity (Wildman–Crippen MR) is 65.6 cm³/mol. The number of hydrogen-bond donors (Lipinski definition) is 0. The number of ether oxygens (including phenoxy) is 1. The predicted octanol–water partition coefficient (Wildman–Crippen LogP) is 4.78. The van der Waals surface area contributed by atoms with E-state index in [1.54, 1.807) is 13.0 Å². The lowest BCUT2D eigenvalue weighted by Gasteiger charge is -2.13. The average molecular weight is 290 g/mol. The van der Waals surface area contributed by atoms with Crippen LogP contribution in [0.2, 0.25) is 0 Å². The SMILES string of the molecule is CCCCC(F)=C(OC(=O)c1ccccc1)C(F)(F)F. The molecular formula is C14H14F4O2. The molecule has 6 heteroatoms. The Bertz CT molecular complexity index is 478. The van der Waals surface area contributed by atoms with Crippen LogP contribution >= 0.6 is 0 Å². The van der Waals surface area contributed by atoms with Crippen LogP contribution in [-0.2, 0) is 4.74 Å². The maximum absolute atomic E-state index is 13.5. The lowest BCUT2D eigenvalue weighted by atomic mass is 10.2. The van der Waals surface area contributed by atoms with Gasteiger partial charge in [-0.3, -0.25) is 0 Å². The van der Waals surface area contributed by atoms with Gasteiger partial charge in [-0.05, 0) is 18.6 Å². The van der Waals surface area contributed by atoms with Crippen molar-refractivity contribution in [3.8, 4) is 0 Å².